The molecular weight excluding hydrogens is 386 g/mol. The number of allylic oxidation sites excluding steroid dienone is 1. The van der Waals surface area contributed by atoms with Gasteiger partial charge in [-0.3, -0.25) is 9.69 Å². The van der Waals surface area contributed by atoms with Crippen molar-refractivity contribution in [3.8, 4) is 11.5 Å². The smallest absolute Gasteiger partial charge is 0.231 e. The summed E-state index contributed by atoms with van der Waals surface area (Å²) in [6.07, 6.45) is 6.25. The van der Waals surface area contributed by atoms with E-state index in [4.69, 9.17) is 4.74 Å². The third-order valence-corrected chi connectivity index (χ3v) is 5.85. The molecule has 1 aliphatic rings. The Morgan fingerprint density at radius 1 is 1.00 bits per heavy atom. The summed E-state index contributed by atoms with van der Waals surface area (Å²) in [6, 6.07) is 11.5. The number of benzene rings is 2. The molecule has 166 valence electrons. The Morgan fingerprint density at radius 2 is 1.65 bits per heavy atom. The van der Waals surface area contributed by atoms with E-state index in [-0.39, 0.29) is 11.5 Å². The van der Waals surface area contributed by atoms with E-state index in [1.54, 1.807) is 18.2 Å². The largest absolute Gasteiger partial charge is 0.507 e. The van der Waals surface area contributed by atoms with Gasteiger partial charge in [0.15, 0.2) is 5.76 Å². The average Bonchev–Trinajstić information content (AvgIpc) is 3.07. The summed E-state index contributed by atoms with van der Waals surface area (Å²) in [5.41, 5.74) is 3.43. The minimum absolute atomic E-state index is 0.127. The molecule has 31 heavy (non-hydrogen) atoms. The maximum atomic E-state index is 13.0. The second-order valence-corrected chi connectivity index (χ2v) is 8.68. The van der Waals surface area contributed by atoms with E-state index in [2.05, 4.69) is 44.7 Å². The number of hydrogen-bond acceptors (Lipinski definition) is 4. The van der Waals surface area contributed by atoms with Gasteiger partial charge in [0.2, 0.25) is 5.78 Å². The molecule has 0 fully saturated rings. The van der Waals surface area contributed by atoms with E-state index in [1.165, 1.54) is 5.56 Å². The number of hydrogen-bond donors (Lipinski definition) is 1. The van der Waals surface area contributed by atoms with Crippen LogP contribution in [0.1, 0.15) is 86.3 Å². The summed E-state index contributed by atoms with van der Waals surface area (Å²) in [5, 5.41) is 10.6. The highest BCUT2D eigenvalue weighted by atomic mass is 16.5. The number of aromatic hydroxyl groups is 1. The molecule has 2 aromatic carbocycles. The zero-order valence-electron chi connectivity index (χ0n) is 19.3. The van der Waals surface area contributed by atoms with E-state index in [9.17, 15) is 9.90 Å². The van der Waals surface area contributed by atoms with Crippen molar-refractivity contribution in [2.24, 2.45) is 0 Å². The topological polar surface area (TPSA) is 49.8 Å². The summed E-state index contributed by atoms with van der Waals surface area (Å²) < 4.78 is 6.05. The summed E-state index contributed by atoms with van der Waals surface area (Å²) in [6.45, 7) is 11.2. The predicted octanol–water partition coefficient (Wildman–Crippen LogP) is 6.53. The molecule has 0 amide bonds. The molecule has 1 N–H and O–H groups in total. The maximum absolute atomic E-state index is 13.0. The quantitative estimate of drug-likeness (QED) is 0.443. The number of phenols is 1. The van der Waals surface area contributed by atoms with Crippen molar-refractivity contribution in [1.82, 2.24) is 4.90 Å². The number of phenolic OH excluding ortho intramolecular Hbond substituents is 1. The molecule has 1 heterocycles. The lowest BCUT2D eigenvalue weighted by molar-refractivity contribution is 0.101. The lowest BCUT2D eigenvalue weighted by atomic mass is 10.0. The second kappa shape index (κ2) is 10.6. The molecule has 2 aromatic rings. The molecule has 0 saturated carbocycles. The molecule has 3 rings (SSSR count). The van der Waals surface area contributed by atoms with Gasteiger partial charge in [-0.05, 0) is 61.2 Å². The zero-order chi connectivity index (χ0) is 22.4. The summed E-state index contributed by atoms with van der Waals surface area (Å²) in [5.74, 6) is 1.34. The first kappa shape index (κ1) is 23.1. The van der Waals surface area contributed by atoms with Crippen molar-refractivity contribution >= 4 is 11.9 Å². The number of carbonyl (C=O) groups is 1. The second-order valence-electron chi connectivity index (χ2n) is 8.68. The number of Topliss-reactive ketones (excluding diaryl/α,β-unsaturated/α-hetero) is 1. The van der Waals surface area contributed by atoms with Gasteiger partial charge in [-0.1, -0.05) is 64.8 Å². The number of ketones is 1. The number of nitrogens with zero attached hydrogens (tertiary/aromatic N) is 1. The SMILES string of the molecule is CCCCN(CCCC)Cc1c(O)ccc2c1O/C(=C/c1ccc(C(C)C)cc1)C2=O. The number of carbonyl (C=O) groups excluding carboxylic acids is 1. The Hall–Kier alpha value is -2.59. The lowest BCUT2D eigenvalue weighted by Crippen LogP contribution is -2.25. The Morgan fingerprint density at radius 3 is 2.23 bits per heavy atom. The minimum atomic E-state index is -0.127. The molecule has 4 nitrogen and oxygen atoms in total. The molecule has 0 spiro atoms. The highest BCUT2D eigenvalue weighted by molar-refractivity contribution is 6.15. The molecule has 0 bridgehead atoms. The molecule has 1 aliphatic heterocycles. The molecule has 0 saturated heterocycles. The zero-order valence-corrected chi connectivity index (χ0v) is 19.3. The summed E-state index contributed by atoms with van der Waals surface area (Å²) in [7, 11) is 0. The standard InChI is InChI=1S/C27H35NO3/c1-5-7-15-28(16-8-6-2)18-23-24(29)14-13-22-26(30)25(31-27(22)23)17-20-9-11-21(12-10-20)19(3)4/h9-14,17,19,29H,5-8,15-16,18H2,1-4H3/b25-17+. The van der Waals surface area contributed by atoms with Crippen molar-refractivity contribution in [2.75, 3.05) is 13.1 Å². The normalized spacial score (nSPS) is 14.5. The van der Waals surface area contributed by atoms with Crippen LogP contribution in [0.2, 0.25) is 0 Å². The highest BCUT2D eigenvalue weighted by Crippen LogP contribution is 2.40. The molecule has 4 heteroatoms. The lowest BCUT2D eigenvalue weighted by Gasteiger charge is -2.23. The summed E-state index contributed by atoms with van der Waals surface area (Å²) >= 11 is 0. The fourth-order valence-electron chi connectivity index (χ4n) is 3.84. The van der Waals surface area contributed by atoms with Crippen LogP contribution in [-0.2, 0) is 6.54 Å². The Bertz CT molecular complexity index is 920. The van der Waals surface area contributed by atoms with E-state index < -0.39 is 0 Å². The van der Waals surface area contributed by atoms with E-state index >= 15 is 0 Å². The molecule has 0 unspecified atom stereocenters. The van der Waals surface area contributed by atoms with Crippen LogP contribution in [-0.4, -0.2) is 28.9 Å². The van der Waals surface area contributed by atoms with Gasteiger partial charge in [-0.25, -0.2) is 0 Å². The number of ether oxygens (including phenoxy) is 1. The van der Waals surface area contributed by atoms with E-state index in [1.807, 2.05) is 12.1 Å². The third kappa shape index (κ3) is 5.56. The first-order valence-corrected chi connectivity index (χ1v) is 11.6. The van der Waals surface area contributed by atoms with Crippen LogP contribution in [0.3, 0.4) is 0 Å². The number of rotatable bonds is 10. The van der Waals surface area contributed by atoms with Crippen molar-refractivity contribution in [3.05, 3.63) is 64.4 Å². The first-order valence-electron chi connectivity index (χ1n) is 11.6. The predicted molar refractivity (Wildman–Crippen MR) is 127 cm³/mol. The minimum Gasteiger partial charge on any atom is -0.507 e. The van der Waals surface area contributed by atoms with Crippen LogP contribution in [0, 0.1) is 0 Å². The van der Waals surface area contributed by atoms with Crippen LogP contribution >= 0.6 is 0 Å². The van der Waals surface area contributed by atoms with Crippen LogP contribution < -0.4 is 4.74 Å². The Labute approximate surface area is 186 Å². The molecule has 0 radical (unpaired) electrons. The van der Waals surface area contributed by atoms with E-state index in [0.717, 1.165) is 44.3 Å². The van der Waals surface area contributed by atoms with Crippen LogP contribution in [0.15, 0.2) is 42.2 Å². The fourth-order valence-corrected chi connectivity index (χ4v) is 3.84. The monoisotopic (exact) mass is 421 g/mol. The van der Waals surface area contributed by atoms with Crippen molar-refractivity contribution in [2.45, 2.75) is 65.8 Å². The van der Waals surface area contributed by atoms with Crippen LogP contribution in [0.25, 0.3) is 6.08 Å². The van der Waals surface area contributed by atoms with Gasteiger partial charge in [0.25, 0.3) is 0 Å². The molecule has 0 aliphatic carbocycles. The van der Waals surface area contributed by atoms with Crippen molar-refractivity contribution in [1.29, 1.82) is 0 Å². The van der Waals surface area contributed by atoms with E-state index in [0.29, 0.717) is 35.1 Å². The van der Waals surface area contributed by atoms with Gasteiger partial charge in [-0.15, -0.1) is 0 Å². The Balaban J connectivity index is 1.86. The number of unbranched alkanes of at least 4 members (excludes halogenated alkanes) is 2. The maximum Gasteiger partial charge on any atom is 0.231 e. The van der Waals surface area contributed by atoms with Gasteiger partial charge < -0.3 is 9.84 Å². The van der Waals surface area contributed by atoms with Gasteiger partial charge in [0.1, 0.15) is 11.5 Å². The third-order valence-electron chi connectivity index (χ3n) is 5.85. The van der Waals surface area contributed by atoms with Gasteiger partial charge in [-0.2, -0.15) is 0 Å². The Kier molecular flexibility index (Phi) is 7.91. The molecule has 0 atom stereocenters. The van der Waals surface area contributed by atoms with Crippen LogP contribution in [0.5, 0.6) is 11.5 Å². The first-order chi connectivity index (χ1) is 14.9. The average molecular weight is 422 g/mol. The van der Waals surface area contributed by atoms with Gasteiger partial charge >= 0.3 is 0 Å². The van der Waals surface area contributed by atoms with Crippen molar-refractivity contribution < 1.29 is 14.6 Å². The molecular formula is C27H35NO3. The van der Waals surface area contributed by atoms with Gasteiger partial charge in [0, 0.05) is 6.54 Å². The summed E-state index contributed by atoms with van der Waals surface area (Å²) in [4.78, 5) is 15.3. The fraction of sp³-hybridized carbons (Fsp3) is 0.444. The highest BCUT2D eigenvalue weighted by Gasteiger charge is 2.31. The number of fused-ring (bicyclic) bond motifs is 1. The molecule has 0 aromatic heterocycles. The van der Waals surface area contributed by atoms with Crippen molar-refractivity contribution in [3.63, 3.8) is 0 Å². The van der Waals surface area contributed by atoms with Gasteiger partial charge in [0.05, 0.1) is 11.1 Å². The van der Waals surface area contributed by atoms with Crippen LogP contribution in [0.4, 0.5) is 0 Å².